The zero-order valence-electron chi connectivity index (χ0n) is 10.6. The van der Waals surface area contributed by atoms with Gasteiger partial charge in [-0.25, -0.2) is 9.97 Å². The third kappa shape index (κ3) is 3.94. The maximum absolute atomic E-state index is 12.4. The Kier molecular flexibility index (Phi) is 4.10. The number of nitrogens with zero attached hydrogens (tertiary/aromatic N) is 4. The van der Waals surface area contributed by atoms with E-state index in [0.29, 0.717) is 18.0 Å². The molecule has 9 heteroatoms. The molecule has 0 aliphatic rings. The summed E-state index contributed by atoms with van der Waals surface area (Å²) in [4.78, 5) is 17.7. The third-order valence-electron chi connectivity index (χ3n) is 2.56. The molecule has 0 spiro atoms. The molecular formula is C12H10F3N4O2+. The maximum atomic E-state index is 12.4. The molecule has 6 nitrogen and oxygen atoms in total. The van der Waals surface area contributed by atoms with Gasteiger partial charge in [-0.15, -0.1) is 0 Å². The minimum atomic E-state index is -4.48. The van der Waals surface area contributed by atoms with Gasteiger partial charge in [0.15, 0.2) is 18.6 Å². The van der Waals surface area contributed by atoms with E-state index in [0.717, 1.165) is 0 Å². The number of rotatable bonds is 4. The lowest BCUT2D eigenvalue weighted by Gasteiger charge is -2.05. The van der Waals surface area contributed by atoms with Gasteiger partial charge in [0.1, 0.15) is 12.6 Å². The summed E-state index contributed by atoms with van der Waals surface area (Å²) in [5.74, 6) is -0.833. The molecule has 0 atom stereocenters. The van der Waals surface area contributed by atoms with Gasteiger partial charge >= 0.3 is 12.1 Å². The molecule has 21 heavy (non-hydrogen) atoms. The number of hydrogen-bond acceptors (Lipinski definition) is 4. The van der Waals surface area contributed by atoms with E-state index in [-0.39, 0.29) is 18.8 Å². The SMILES string of the molecule is O=C(O)CC[n+]1ccc(-c2ncc(C(F)(F)F)cn2)cn1. The Morgan fingerprint density at radius 2 is 1.90 bits per heavy atom. The van der Waals surface area contributed by atoms with Crippen LogP contribution in [-0.4, -0.2) is 26.1 Å². The van der Waals surface area contributed by atoms with E-state index in [9.17, 15) is 18.0 Å². The number of carboxylic acids is 1. The Balaban J connectivity index is 2.13. The van der Waals surface area contributed by atoms with E-state index in [1.54, 1.807) is 6.07 Å². The first-order chi connectivity index (χ1) is 9.86. The highest BCUT2D eigenvalue weighted by Crippen LogP contribution is 2.28. The van der Waals surface area contributed by atoms with Crippen LogP contribution in [0.15, 0.2) is 30.9 Å². The van der Waals surface area contributed by atoms with E-state index in [1.165, 1.54) is 17.1 Å². The van der Waals surface area contributed by atoms with E-state index >= 15 is 0 Å². The van der Waals surface area contributed by atoms with Crippen molar-refractivity contribution in [3.05, 3.63) is 36.4 Å². The van der Waals surface area contributed by atoms with Gasteiger partial charge in [-0.2, -0.15) is 13.2 Å². The van der Waals surface area contributed by atoms with Crippen LogP contribution in [0.4, 0.5) is 13.2 Å². The number of halogens is 3. The van der Waals surface area contributed by atoms with Crippen LogP contribution in [0, 0.1) is 0 Å². The fourth-order valence-corrected chi connectivity index (χ4v) is 1.48. The molecule has 2 rings (SSSR count). The minimum absolute atomic E-state index is 0.0756. The summed E-state index contributed by atoms with van der Waals surface area (Å²) in [6, 6.07) is 1.55. The third-order valence-corrected chi connectivity index (χ3v) is 2.56. The van der Waals surface area contributed by atoms with Gasteiger partial charge in [-0.05, 0) is 5.10 Å². The average Bonchev–Trinajstić information content (AvgIpc) is 2.45. The van der Waals surface area contributed by atoms with Gasteiger partial charge in [0.2, 0.25) is 0 Å². The second-order valence-electron chi connectivity index (χ2n) is 4.12. The molecule has 0 saturated carbocycles. The van der Waals surface area contributed by atoms with E-state index in [4.69, 9.17) is 5.11 Å². The van der Waals surface area contributed by atoms with Crippen molar-refractivity contribution in [2.75, 3.05) is 0 Å². The van der Waals surface area contributed by atoms with Crippen molar-refractivity contribution in [2.45, 2.75) is 19.1 Å². The van der Waals surface area contributed by atoms with Crippen molar-refractivity contribution in [3.63, 3.8) is 0 Å². The normalized spacial score (nSPS) is 11.4. The first-order valence-electron chi connectivity index (χ1n) is 5.83. The fourth-order valence-electron chi connectivity index (χ4n) is 1.48. The molecule has 0 radical (unpaired) electrons. The molecular weight excluding hydrogens is 289 g/mol. The molecule has 2 aromatic heterocycles. The predicted molar refractivity (Wildman–Crippen MR) is 62.7 cm³/mol. The summed E-state index contributed by atoms with van der Waals surface area (Å²) in [6.07, 6.45) is -0.271. The van der Waals surface area contributed by atoms with Crippen LogP contribution in [0.3, 0.4) is 0 Å². The Morgan fingerprint density at radius 1 is 1.24 bits per heavy atom. The largest absolute Gasteiger partial charge is 0.481 e. The topological polar surface area (TPSA) is 79.9 Å². The Hall–Kier alpha value is -2.58. The first-order valence-corrected chi connectivity index (χ1v) is 5.83. The lowest BCUT2D eigenvalue weighted by atomic mass is 10.2. The zero-order chi connectivity index (χ0) is 15.5. The van der Waals surface area contributed by atoms with Gasteiger partial charge in [0.05, 0.1) is 5.56 Å². The minimum Gasteiger partial charge on any atom is -0.481 e. The standard InChI is InChI=1S/C12H9F3N4O2/c13-12(14,15)9-6-16-11(17-7-9)8-1-3-19(18-5-8)4-2-10(20)21/h1,3,5-7H,2,4H2/p+1. The van der Waals surface area contributed by atoms with Crippen molar-refractivity contribution in [1.29, 1.82) is 0 Å². The van der Waals surface area contributed by atoms with Crippen LogP contribution >= 0.6 is 0 Å². The van der Waals surface area contributed by atoms with Gasteiger partial charge in [0, 0.05) is 24.0 Å². The number of aryl methyl sites for hydroxylation is 1. The zero-order valence-corrected chi connectivity index (χ0v) is 10.6. The molecule has 0 bridgehead atoms. The second kappa shape index (κ2) is 5.81. The van der Waals surface area contributed by atoms with Crippen LogP contribution in [-0.2, 0) is 17.5 Å². The number of aromatic nitrogens is 4. The Morgan fingerprint density at radius 3 is 2.38 bits per heavy atom. The number of aliphatic carboxylic acids is 1. The number of carboxylic acid groups (broad SMARTS) is 1. The number of hydrogen-bond donors (Lipinski definition) is 1. The monoisotopic (exact) mass is 299 g/mol. The van der Waals surface area contributed by atoms with Crippen LogP contribution in [0.5, 0.6) is 0 Å². The molecule has 0 aliphatic heterocycles. The smallest absolute Gasteiger partial charge is 0.419 e. The van der Waals surface area contributed by atoms with E-state index < -0.39 is 17.7 Å². The van der Waals surface area contributed by atoms with Crippen molar-refractivity contribution in [1.82, 2.24) is 15.1 Å². The van der Waals surface area contributed by atoms with Gasteiger partial charge in [0.25, 0.3) is 0 Å². The van der Waals surface area contributed by atoms with Gasteiger partial charge in [-0.3, -0.25) is 4.79 Å². The molecule has 2 heterocycles. The Bertz CT molecular complexity index is 626. The molecule has 0 aromatic carbocycles. The van der Waals surface area contributed by atoms with Crippen molar-refractivity contribution < 1.29 is 27.8 Å². The summed E-state index contributed by atoms with van der Waals surface area (Å²) in [6.45, 7) is 0.198. The highest BCUT2D eigenvalue weighted by Gasteiger charge is 2.31. The quantitative estimate of drug-likeness (QED) is 0.861. The molecule has 2 aromatic rings. The summed E-state index contributed by atoms with van der Waals surface area (Å²) >= 11 is 0. The van der Waals surface area contributed by atoms with E-state index in [2.05, 4.69) is 15.1 Å². The molecule has 1 N–H and O–H groups in total. The summed E-state index contributed by atoms with van der Waals surface area (Å²) < 4.78 is 38.5. The number of alkyl halides is 3. The van der Waals surface area contributed by atoms with Gasteiger partial charge in [-0.1, -0.05) is 4.68 Å². The van der Waals surface area contributed by atoms with Crippen LogP contribution in [0.25, 0.3) is 11.4 Å². The van der Waals surface area contributed by atoms with Crippen molar-refractivity contribution in [2.24, 2.45) is 0 Å². The molecule has 0 unspecified atom stereocenters. The molecule has 110 valence electrons. The van der Waals surface area contributed by atoms with Crippen LogP contribution < -0.4 is 4.68 Å². The van der Waals surface area contributed by atoms with Gasteiger partial charge < -0.3 is 5.11 Å². The van der Waals surface area contributed by atoms with Crippen molar-refractivity contribution in [3.8, 4) is 11.4 Å². The maximum Gasteiger partial charge on any atom is 0.419 e. The van der Waals surface area contributed by atoms with Crippen molar-refractivity contribution >= 4 is 5.97 Å². The summed E-state index contributed by atoms with van der Waals surface area (Å²) in [5, 5.41) is 12.5. The molecule has 0 aliphatic carbocycles. The highest BCUT2D eigenvalue weighted by atomic mass is 19.4. The lowest BCUT2D eigenvalue weighted by molar-refractivity contribution is -0.752. The first kappa shape index (κ1) is 14.8. The highest BCUT2D eigenvalue weighted by molar-refractivity contribution is 5.66. The Labute approximate surface area is 116 Å². The van der Waals surface area contributed by atoms with E-state index in [1.807, 2.05) is 0 Å². The molecule has 0 amide bonds. The number of carbonyl (C=O) groups is 1. The molecule has 0 saturated heterocycles. The molecule has 0 fully saturated rings. The second-order valence-corrected chi connectivity index (χ2v) is 4.12. The average molecular weight is 299 g/mol. The van der Waals surface area contributed by atoms with Crippen LogP contribution in [0.1, 0.15) is 12.0 Å². The van der Waals surface area contributed by atoms with Crippen LogP contribution in [0.2, 0.25) is 0 Å². The predicted octanol–water partition coefficient (Wildman–Crippen LogP) is 1.32. The fraction of sp³-hybridized carbons (Fsp3) is 0.250. The summed E-state index contributed by atoms with van der Waals surface area (Å²) in [5.41, 5.74) is -0.484. The summed E-state index contributed by atoms with van der Waals surface area (Å²) in [7, 11) is 0. The lowest BCUT2D eigenvalue weighted by Crippen LogP contribution is -2.38.